The average molecular weight is 254 g/mol. The fourth-order valence-corrected chi connectivity index (χ4v) is 1.92. The van der Waals surface area contributed by atoms with Gasteiger partial charge >= 0.3 is 0 Å². The van der Waals surface area contributed by atoms with Crippen LogP contribution in [0.25, 0.3) is 0 Å². The van der Waals surface area contributed by atoms with Gasteiger partial charge in [-0.25, -0.2) is 4.39 Å². The van der Waals surface area contributed by atoms with E-state index in [0.29, 0.717) is 6.54 Å². The van der Waals surface area contributed by atoms with Crippen LogP contribution in [0.3, 0.4) is 0 Å². The molecule has 1 rings (SSSR count). The average Bonchev–Trinajstić information content (AvgIpc) is 2.38. The molecule has 3 nitrogen and oxygen atoms in total. The molecule has 102 valence electrons. The Hall–Kier alpha value is -1.13. The number of aliphatic hydroxyl groups is 1. The van der Waals surface area contributed by atoms with Crippen molar-refractivity contribution in [3.63, 3.8) is 0 Å². The second kappa shape index (κ2) is 8.89. The molecule has 0 saturated heterocycles. The van der Waals surface area contributed by atoms with Crippen molar-refractivity contribution in [1.29, 1.82) is 0 Å². The van der Waals surface area contributed by atoms with Crippen molar-refractivity contribution in [2.45, 2.75) is 25.7 Å². The van der Waals surface area contributed by atoms with Crippen LogP contribution in [-0.2, 0) is 0 Å². The van der Waals surface area contributed by atoms with Crippen LogP contribution in [0.1, 0.15) is 25.7 Å². The second-order valence-corrected chi connectivity index (χ2v) is 4.39. The molecule has 0 atom stereocenters. The number of halogens is 1. The summed E-state index contributed by atoms with van der Waals surface area (Å²) in [5.41, 5.74) is 6.44. The molecule has 4 heteroatoms. The molecule has 0 saturated carbocycles. The minimum absolute atomic E-state index is 0.208. The first-order valence-corrected chi connectivity index (χ1v) is 6.59. The summed E-state index contributed by atoms with van der Waals surface area (Å²) in [6, 6.07) is 6.67. The van der Waals surface area contributed by atoms with Gasteiger partial charge in [0.15, 0.2) is 0 Å². The maximum atomic E-state index is 13.2. The van der Waals surface area contributed by atoms with E-state index in [-0.39, 0.29) is 12.4 Å². The van der Waals surface area contributed by atoms with Gasteiger partial charge in [0, 0.05) is 25.4 Å². The minimum atomic E-state index is -0.208. The van der Waals surface area contributed by atoms with Crippen molar-refractivity contribution in [2.75, 3.05) is 31.1 Å². The van der Waals surface area contributed by atoms with Gasteiger partial charge in [-0.1, -0.05) is 6.07 Å². The number of benzene rings is 1. The highest BCUT2D eigenvalue weighted by molar-refractivity contribution is 5.46. The van der Waals surface area contributed by atoms with Gasteiger partial charge in [0.1, 0.15) is 5.82 Å². The molecule has 0 aliphatic heterocycles. The van der Waals surface area contributed by atoms with Crippen molar-refractivity contribution in [3.05, 3.63) is 30.1 Å². The molecule has 0 spiro atoms. The Kier molecular flexibility index (Phi) is 7.37. The topological polar surface area (TPSA) is 49.5 Å². The van der Waals surface area contributed by atoms with E-state index in [9.17, 15) is 4.39 Å². The Labute approximate surface area is 108 Å². The number of unbranched alkanes of at least 4 members (excludes halogenated alkanes) is 2. The minimum Gasteiger partial charge on any atom is -0.396 e. The summed E-state index contributed by atoms with van der Waals surface area (Å²) in [6.45, 7) is 2.60. The monoisotopic (exact) mass is 254 g/mol. The Morgan fingerprint density at radius 1 is 1.11 bits per heavy atom. The highest BCUT2D eigenvalue weighted by Crippen LogP contribution is 2.16. The molecule has 0 heterocycles. The molecule has 1 aromatic rings. The number of rotatable bonds is 9. The maximum Gasteiger partial charge on any atom is 0.125 e. The van der Waals surface area contributed by atoms with Gasteiger partial charge in [-0.05, 0) is 50.4 Å². The van der Waals surface area contributed by atoms with E-state index in [2.05, 4.69) is 4.90 Å². The van der Waals surface area contributed by atoms with E-state index in [4.69, 9.17) is 10.8 Å². The lowest BCUT2D eigenvalue weighted by atomic mass is 10.2. The third-order valence-corrected chi connectivity index (χ3v) is 2.89. The third kappa shape index (κ3) is 5.47. The molecule has 3 N–H and O–H groups in total. The van der Waals surface area contributed by atoms with Gasteiger partial charge in [0.05, 0.1) is 0 Å². The molecule has 0 aromatic heterocycles. The Balaban J connectivity index is 2.54. The smallest absolute Gasteiger partial charge is 0.125 e. The van der Waals surface area contributed by atoms with Crippen LogP contribution in [0.2, 0.25) is 0 Å². The van der Waals surface area contributed by atoms with Gasteiger partial charge in [-0.2, -0.15) is 0 Å². The summed E-state index contributed by atoms with van der Waals surface area (Å²) < 4.78 is 13.2. The summed E-state index contributed by atoms with van der Waals surface area (Å²) in [6.07, 6.45) is 3.72. The molecule has 0 fully saturated rings. The van der Waals surface area contributed by atoms with E-state index in [1.807, 2.05) is 6.07 Å². The van der Waals surface area contributed by atoms with Gasteiger partial charge in [0.25, 0.3) is 0 Å². The molecule has 0 aliphatic carbocycles. The van der Waals surface area contributed by atoms with Gasteiger partial charge in [0.2, 0.25) is 0 Å². The van der Waals surface area contributed by atoms with Crippen LogP contribution in [0.5, 0.6) is 0 Å². The zero-order valence-corrected chi connectivity index (χ0v) is 10.8. The molecule has 0 radical (unpaired) electrons. The first-order valence-electron chi connectivity index (χ1n) is 6.59. The Morgan fingerprint density at radius 3 is 2.56 bits per heavy atom. The standard InChI is InChI=1S/C14H23FN2O/c15-13-6-4-7-14(12-13)17(10-5-8-16)9-2-1-3-11-18/h4,6-7,12,18H,1-3,5,8-11,16H2. The van der Waals surface area contributed by atoms with Gasteiger partial charge in [-0.15, -0.1) is 0 Å². The molecular weight excluding hydrogens is 231 g/mol. The first-order chi connectivity index (χ1) is 8.77. The summed E-state index contributed by atoms with van der Waals surface area (Å²) in [5, 5.41) is 8.75. The second-order valence-electron chi connectivity index (χ2n) is 4.39. The molecule has 0 amide bonds. The highest BCUT2D eigenvalue weighted by atomic mass is 19.1. The molecule has 0 aliphatic rings. The van der Waals surface area contributed by atoms with Gasteiger partial charge in [-0.3, -0.25) is 0 Å². The number of hydrogen-bond donors (Lipinski definition) is 2. The number of hydrogen-bond acceptors (Lipinski definition) is 3. The van der Waals surface area contributed by atoms with Crippen LogP contribution in [-0.4, -0.2) is 31.3 Å². The largest absolute Gasteiger partial charge is 0.396 e. The maximum absolute atomic E-state index is 13.2. The first kappa shape index (κ1) is 14.9. The Bertz CT molecular complexity index is 333. The van der Waals surface area contributed by atoms with Crippen LogP contribution >= 0.6 is 0 Å². The summed E-state index contributed by atoms with van der Waals surface area (Å²) in [4.78, 5) is 2.16. The molecular formula is C14H23FN2O. The quantitative estimate of drug-likeness (QED) is 0.664. The fraction of sp³-hybridized carbons (Fsp3) is 0.571. The van der Waals surface area contributed by atoms with Crippen molar-refractivity contribution >= 4 is 5.69 Å². The lowest BCUT2D eigenvalue weighted by molar-refractivity contribution is 0.283. The molecule has 18 heavy (non-hydrogen) atoms. The lowest BCUT2D eigenvalue weighted by Gasteiger charge is -2.24. The predicted molar refractivity (Wildman–Crippen MR) is 73.2 cm³/mol. The van der Waals surface area contributed by atoms with E-state index in [1.54, 1.807) is 12.1 Å². The molecule has 0 unspecified atom stereocenters. The summed E-state index contributed by atoms with van der Waals surface area (Å²) in [7, 11) is 0. The Morgan fingerprint density at radius 2 is 1.89 bits per heavy atom. The van der Waals surface area contributed by atoms with Crippen LogP contribution in [0.15, 0.2) is 24.3 Å². The summed E-state index contributed by atoms with van der Waals surface area (Å²) >= 11 is 0. The fourth-order valence-electron chi connectivity index (χ4n) is 1.92. The third-order valence-electron chi connectivity index (χ3n) is 2.89. The van der Waals surface area contributed by atoms with E-state index < -0.39 is 0 Å². The number of anilines is 1. The normalized spacial score (nSPS) is 10.6. The predicted octanol–water partition coefficient (Wildman–Crippen LogP) is 2.14. The highest BCUT2D eigenvalue weighted by Gasteiger charge is 2.06. The van der Waals surface area contributed by atoms with Crippen LogP contribution in [0, 0.1) is 5.82 Å². The van der Waals surface area contributed by atoms with Crippen molar-refractivity contribution in [3.8, 4) is 0 Å². The summed E-state index contributed by atoms with van der Waals surface area (Å²) in [5.74, 6) is -0.208. The van der Waals surface area contributed by atoms with E-state index in [0.717, 1.165) is 44.5 Å². The zero-order chi connectivity index (χ0) is 13.2. The molecule has 1 aromatic carbocycles. The van der Waals surface area contributed by atoms with Crippen molar-refractivity contribution in [1.82, 2.24) is 0 Å². The number of nitrogens with two attached hydrogens (primary N) is 1. The lowest BCUT2D eigenvalue weighted by Crippen LogP contribution is -2.27. The van der Waals surface area contributed by atoms with E-state index in [1.165, 1.54) is 6.07 Å². The number of nitrogens with zero attached hydrogens (tertiary/aromatic N) is 1. The SMILES string of the molecule is NCCCN(CCCCCO)c1cccc(F)c1. The zero-order valence-electron chi connectivity index (χ0n) is 10.8. The van der Waals surface area contributed by atoms with E-state index >= 15 is 0 Å². The van der Waals surface area contributed by atoms with Crippen LogP contribution in [0.4, 0.5) is 10.1 Å². The van der Waals surface area contributed by atoms with Crippen LogP contribution < -0.4 is 10.6 Å². The van der Waals surface area contributed by atoms with Gasteiger partial charge < -0.3 is 15.7 Å². The number of aliphatic hydroxyl groups excluding tert-OH is 1. The van der Waals surface area contributed by atoms with Crippen molar-refractivity contribution < 1.29 is 9.50 Å². The molecule has 0 bridgehead atoms. The van der Waals surface area contributed by atoms with Crippen molar-refractivity contribution in [2.24, 2.45) is 5.73 Å².